The van der Waals surface area contributed by atoms with E-state index in [1.54, 1.807) is 24.4 Å². The van der Waals surface area contributed by atoms with E-state index < -0.39 is 5.76 Å². The van der Waals surface area contributed by atoms with E-state index in [2.05, 4.69) is 14.9 Å². The van der Waals surface area contributed by atoms with Crippen molar-refractivity contribution in [2.45, 2.75) is 31.8 Å². The van der Waals surface area contributed by atoms with Crippen LogP contribution in [-0.2, 0) is 17.9 Å². The van der Waals surface area contributed by atoms with E-state index in [4.69, 9.17) is 4.42 Å². The second-order valence-corrected chi connectivity index (χ2v) is 6.02. The van der Waals surface area contributed by atoms with Gasteiger partial charge in [0.1, 0.15) is 12.4 Å². The number of oxazole rings is 1. The number of nitrogens with zero attached hydrogens (tertiary/aromatic N) is 3. The number of aromatic nitrogens is 3. The fraction of sp³-hybridized carbons (Fsp3) is 0.353. The van der Waals surface area contributed by atoms with Crippen LogP contribution in [0.2, 0.25) is 0 Å². The molecule has 1 N–H and O–H groups in total. The SMILES string of the molecule is O=C(Cn1c(=O)oc2ccccc21)NCCn1ccnc1C1CC1. The van der Waals surface area contributed by atoms with Gasteiger partial charge in [0.05, 0.1) is 5.52 Å². The van der Waals surface area contributed by atoms with E-state index >= 15 is 0 Å². The van der Waals surface area contributed by atoms with Gasteiger partial charge in [0.15, 0.2) is 5.58 Å². The number of hydrogen-bond acceptors (Lipinski definition) is 4. The highest BCUT2D eigenvalue weighted by molar-refractivity contribution is 5.79. The smallest absolute Gasteiger partial charge is 0.408 e. The largest absolute Gasteiger partial charge is 0.420 e. The number of benzene rings is 1. The number of carbonyl (C=O) groups is 1. The molecule has 0 atom stereocenters. The zero-order valence-electron chi connectivity index (χ0n) is 13.1. The topological polar surface area (TPSA) is 82.1 Å². The number of rotatable bonds is 6. The van der Waals surface area contributed by atoms with Crippen molar-refractivity contribution >= 4 is 17.0 Å². The molecule has 0 aliphatic heterocycles. The maximum absolute atomic E-state index is 12.1. The first-order chi connectivity index (χ1) is 11.7. The first-order valence-corrected chi connectivity index (χ1v) is 8.08. The van der Waals surface area contributed by atoms with Crippen LogP contribution in [0.4, 0.5) is 0 Å². The molecule has 24 heavy (non-hydrogen) atoms. The van der Waals surface area contributed by atoms with Crippen molar-refractivity contribution in [1.82, 2.24) is 19.4 Å². The summed E-state index contributed by atoms with van der Waals surface area (Å²) in [4.78, 5) is 28.4. The first kappa shape index (κ1) is 14.7. The molecule has 1 aromatic carbocycles. The third kappa shape index (κ3) is 2.84. The Bertz CT molecular complexity index is 933. The Balaban J connectivity index is 1.37. The Hall–Kier alpha value is -2.83. The Labute approximate surface area is 137 Å². The summed E-state index contributed by atoms with van der Waals surface area (Å²) in [5, 5.41) is 2.85. The van der Waals surface area contributed by atoms with Gasteiger partial charge in [-0.15, -0.1) is 0 Å². The molecule has 0 radical (unpaired) electrons. The second-order valence-electron chi connectivity index (χ2n) is 6.02. The quantitative estimate of drug-likeness (QED) is 0.744. The van der Waals surface area contributed by atoms with Gasteiger partial charge in [-0.25, -0.2) is 9.78 Å². The average molecular weight is 326 g/mol. The number of para-hydroxylation sites is 2. The van der Waals surface area contributed by atoms with Crippen LogP contribution in [0.15, 0.2) is 45.9 Å². The van der Waals surface area contributed by atoms with E-state index in [9.17, 15) is 9.59 Å². The molecular formula is C17H18N4O3. The molecule has 1 fully saturated rings. The van der Waals surface area contributed by atoms with Crippen molar-refractivity contribution in [3.05, 3.63) is 53.0 Å². The van der Waals surface area contributed by atoms with Crippen LogP contribution in [0.3, 0.4) is 0 Å². The molecule has 0 unspecified atom stereocenters. The maximum atomic E-state index is 12.1. The summed E-state index contributed by atoms with van der Waals surface area (Å²) in [6, 6.07) is 7.08. The Kier molecular flexibility index (Phi) is 3.68. The van der Waals surface area contributed by atoms with Crippen LogP contribution in [0.25, 0.3) is 11.1 Å². The minimum atomic E-state index is -0.517. The molecule has 7 nitrogen and oxygen atoms in total. The van der Waals surface area contributed by atoms with E-state index in [0.717, 1.165) is 5.82 Å². The van der Waals surface area contributed by atoms with Crippen molar-refractivity contribution in [1.29, 1.82) is 0 Å². The summed E-state index contributed by atoms with van der Waals surface area (Å²) < 4.78 is 8.55. The summed E-state index contributed by atoms with van der Waals surface area (Å²) in [6.45, 7) is 1.13. The Morgan fingerprint density at radius 2 is 2.17 bits per heavy atom. The highest BCUT2D eigenvalue weighted by Crippen LogP contribution is 2.38. The lowest BCUT2D eigenvalue weighted by atomic mass is 10.3. The zero-order valence-corrected chi connectivity index (χ0v) is 13.1. The molecule has 1 amide bonds. The van der Waals surface area contributed by atoms with E-state index in [1.165, 1.54) is 17.4 Å². The zero-order chi connectivity index (χ0) is 16.5. The van der Waals surface area contributed by atoms with Gasteiger partial charge in [0.2, 0.25) is 5.91 Å². The fourth-order valence-electron chi connectivity index (χ4n) is 2.89. The minimum Gasteiger partial charge on any atom is -0.408 e. The molecule has 7 heteroatoms. The van der Waals surface area contributed by atoms with Gasteiger partial charge in [-0.2, -0.15) is 0 Å². The molecule has 0 bridgehead atoms. The van der Waals surface area contributed by atoms with Crippen molar-refractivity contribution in [2.24, 2.45) is 0 Å². The monoisotopic (exact) mass is 326 g/mol. The van der Waals surface area contributed by atoms with Gasteiger partial charge in [-0.05, 0) is 25.0 Å². The van der Waals surface area contributed by atoms with Crippen LogP contribution in [0.5, 0.6) is 0 Å². The molecule has 2 heterocycles. The molecule has 1 saturated carbocycles. The lowest BCUT2D eigenvalue weighted by molar-refractivity contribution is -0.121. The van der Waals surface area contributed by atoms with Crippen molar-refractivity contribution < 1.29 is 9.21 Å². The molecule has 2 aromatic heterocycles. The van der Waals surface area contributed by atoms with E-state index in [-0.39, 0.29) is 12.5 Å². The molecule has 4 rings (SSSR count). The molecule has 124 valence electrons. The summed E-state index contributed by atoms with van der Waals surface area (Å²) >= 11 is 0. The number of fused-ring (bicyclic) bond motifs is 1. The summed E-state index contributed by atoms with van der Waals surface area (Å²) in [5.74, 6) is 0.946. The molecule has 0 saturated heterocycles. The lowest BCUT2D eigenvalue weighted by Gasteiger charge is -2.09. The van der Waals surface area contributed by atoms with Crippen molar-refractivity contribution in [2.75, 3.05) is 6.54 Å². The molecular weight excluding hydrogens is 308 g/mol. The van der Waals surface area contributed by atoms with Crippen LogP contribution < -0.4 is 11.1 Å². The third-order valence-electron chi connectivity index (χ3n) is 4.24. The van der Waals surface area contributed by atoms with Crippen LogP contribution >= 0.6 is 0 Å². The summed E-state index contributed by atoms with van der Waals surface area (Å²) in [5.41, 5.74) is 1.12. The number of imidazole rings is 1. The van der Waals surface area contributed by atoms with Gasteiger partial charge in [-0.1, -0.05) is 12.1 Å². The predicted octanol–water partition coefficient (Wildman–Crippen LogP) is 1.48. The van der Waals surface area contributed by atoms with Gasteiger partial charge >= 0.3 is 5.76 Å². The highest BCUT2D eigenvalue weighted by Gasteiger charge is 2.27. The fourth-order valence-corrected chi connectivity index (χ4v) is 2.89. The van der Waals surface area contributed by atoms with Gasteiger partial charge in [0, 0.05) is 31.4 Å². The standard InChI is InChI=1S/C17H18N4O3/c22-15(11-21-13-3-1-2-4-14(13)24-17(21)23)18-7-9-20-10-8-19-16(20)12-5-6-12/h1-4,8,10,12H,5-7,9,11H2,(H,18,22). The van der Waals surface area contributed by atoms with Gasteiger partial charge < -0.3 is 14.3 Å². The van der Waals surface area contributed by atoms with E-state index in [0.29, 0.717) is 30.1 Å². The number of nitrogens with one attached hydrogen (secondary N) is 1. The van der Waals surface area contributed by atoms with Crippen LogP contribution in [0, 0.1) is 0 Å². The lowest BCUT2D eigenvalue weighted by Crippen LogP contribution is -2.33. The van der Waals surface area contributed by atoms with Crippen molar-refractivity contribution in [3.8, 4) is 0 Å². The summed E-state index contributed by atoms with van der Waals surface area (Å²) in [7, 11) is 0. The van der Waals surface area contributed by atoms with Gasteiger partial charge in [0.25, 0.3) is 0 Å². The second kappa shape index (κ2) is 5.99. The third-order valence-corrected chi connectivity index (χ3v) is 4.24. The van der Waals surface area contributed by atoms with Crippen LogP contribution in [-0.4, -0.2) is 26.6 Å². The minimum absolute atomic E-state index is 0.0464. The molecule has 1 aliphatic carbocycles. The average Bonchev–Trinajstić information content (AvgIpc) is 3.24. The number of hydrogen-bond donors (Lipinski definition) is 1. The Morgan fingerprint density at radius 3 is 3.00 bits per heavy atom. The Morgan fingerprint density at radius 1 is 1.33 bits per heavy atom. The van der Waals surface area contributed by atoms with E-state index in [1.807, 2.05) is 12.3 Å². The molecule has 3 aromatic rings. The summed E-state index contributed by atoms with van der Waals surface area (Å²) in [6.07, 6.45) is 6.13. The van der Waals surface area contributed by atoms with Crippen LogP contribution in [0.1, 0.15) is 24.6 Å². The van der Waals surface area contributed by atoms with Crippen molar-refractivity contribution in [3.63, 3.8) is 0 Å². The normalized spacial score (nSPS) is 14.2. The first-order valence-electron chi connectivity index (χ1n) is 8.08. The maximum Gasteiger partial charge on any atom is 0.420 e. The number of amides is 1. The highest BCUT2D eigenvalue weighted by atomic mass is 16.4. The van der Waals surface area contributed by atoms with Gasteiger partial charge in [-0.3, -0.25) is 9.36 Å². The number of carbonyl (C=O) groups excluding carboxylic acids is 1. The molecule has 1 aliphatic rings. The predicted molar refractivity (Wildman–Crippen MR) is 87.7 cm³/mol. The molecule has 0 spiro atoms.